The zero-order valence-electron chi connectivity index (χ0n) is 23.3. The van der Waals surface area contributed by atoms with Crippen LogP contribution in [0, 0.1) is 0 Å². The Bertz CT molecular complexity index is 1510. The van der Waals surface area contributed by atoms with Crippen molar-refractivity contribution in [3.63, 3.8) is 0 Å². The molecule has 0 saturated heterocycles. The van der Waals surface area contributed by atoms with Crippen LogP contribution in [0.4, 0.5) is 11.4 Å². The molecule has 0 fully saturated rings. The number of carboxylic acids is 1. The van der Waals surface area contributed by atoms with Crippen LogP contribution in [0.25, 0.3) is 0 Å². The number of rotatable bonds is 14. The number of ether oxygens (including phenoxy) is 1. The Kier molecular flexibility index (Phi) is 10.7. The highest BCUT2D eigenvalue weighted by Crippen LogP contribution is 2.23. The molecule has 0 unspecified atom stereocenters. The Labute approximate surface area is 250 Å². The molecule has 2 N–H and O–H groups in total. The maximum atomic E-state index is 13.1. The van der Waals surface area contributed by atoms with Crippen molar-refractivity contribution in [3.05, 3.63) is 125 Å². The number of aliphatic carboxylic acids is 1. The summed E-state index contributed by atoms with van der Waals surface area (Å²) in [7, 11) is 0. The lowest BCUT2D eigenvalue weighted by Gasteiger charge is -2.23. The number of carbonyl (C=O) groups excluding carboxylic acids is 2. The summed E-state index contributed by atoms with van der Waals surface area (Å²) in [5, 5.41) is 13.6. The Morgan fingerprint density at radius 1 is 0.905 bits per heavy atom. The van der Waals surface area contributed by atoms with Gasteiger partial charge in [0.2, 0.25) is 5.91 Å². The average Bonchev–Trinajstić information content (AvgIpc) is 3.00. The number of amides is 1. The first kappa shape index (κ1) is 30.3. The van der Waals surface area contributed by atoms with Gasteiger partial charge in [-0.05, 0) is 54.4 Å². The third-order valence-corrected chi connectivity index (χ3v) is 6.90. The number of carbonyl (C=O) groups is 3. The second-order valence-corrected chi connectivity index (χ2v) is 10.2. The molecule has 0 radical (unpaired) electrons. The minimum atomic E-state index is -1.03. The highest BCUT2D eigenvalue weighted by atomic mass is 35.5. The molecule has 1 atom stereocenters. The van der Waals surface area contributed by atoms with E-state index in [0.29, 0.717) is 40.6 Å². The molecule has 1 amide bonds. The van der Waals surface area contributed by atoms with E-state index in [4.69, 9.17) is 16.3 Å². The van der Waals surface area contributed by atoms with Crippen LogP contribution in [0.5, 0.6) is 5.75 Å². The summed E-state index contributed by atoms with van der Waals surface area (Å²) in [6.07, 6.45) is 1.35. The molecule has 7 nitrogen and oxygen atoms in total. The molecule has 0 heterocycles. The Hall–Kier alpha value is -4.62. The second-order valence-electron chi connectivity index (χ2n) is 9.75. The van der Waals surface area contributed by atoms with Crippen LogP contribution in [-0.2, 0) is 16.0 Å². The molecule has 0 bridgehead atoms. The highest BCUT2D eigenvalue weighted by molar-refractivity contribution is 6.30. The summed E-state index contributed by atoms with van der Waals surface area (Å²) in [6.45, 7) is 2.58. The Balaban J connectivity index is 1.39. The number of hydrogen-bond donors (Lipinski definition) is 2. The monoisotopic (exact) mass is 584 g/mol. The van der Waals surface area contributed by atoms with Crippen LogP contribution in [0.2, 0.25) is 5.02 Å². The number of nitrogens with zero attached hydrogens (tertiary/aromatic N) is 1. The number of para-hydroxylation sites is 1. The van der Waals surface area contributed by atoms with Crippen molar-refractivity contribution in [1.82, 2.24) is 0 Å². The van der Waals surface area contributed by atoms with E-state index >= 15 is 0 Å². The number of halogens is 1. The van der Waals surface area contributed by atoms with Gasteiger partial charge in [0.1, 0.15) is 18.4 Å². The quantitative estimate of drug-likeness (QED) is 0.157. The lowest BCUT2D eigenvalue weighted by molar-refractivity contribution is -0.137. The summed E-state index contributed by atoms with van der Waals surface area (Å²) in [4.78, 5) is 39.6. The van der Waals surface area contributed by atoms with E-state index in [-0.39, 0.29) is 24.7 Å². The molecule has 0 saturated carbocycles. The largest absolute Gasteiger partial charge is 0.492 e. The molecule has 8 heteroatoms. The van der Waals surface area contributed by atoms with Crippen LogP contribution in [-0.4, -0.2) is 42.0 Å². The minimum absolute atomic E-state index is 0.00188. The molecule has 42 heavy (non-hydrogen) atoms. The van der Waals surface area contributed by atoms with Gasteiger partial charge in [0.05, 0.1) is 6.54 Å². The Morgan fingerprint density at radius 2 is 1.62 bits per heavy atom. The molecular formula is C34H33ClN2O5. The number of carboxylic acid groups (broad SMARTS) is 1. The van der Waals surface area contributed by atoms with Gasteiger partial charge in [-0.25, -0.2) is 4.79 Å². The van der Waals surface area contributed by atoms with E-state index in [0.717, 1.165) is 17.7 Å². The SMILES string of the molecule is CCCC(=O)N(CCOc1ccc(C[C@H](Nc2ccccc2C(=O)c2ccccc2)C(=O)O)cc1)c1cccc(Cl)c1. The number of ketones is 1. The van der Waals surface area contributed by atoms with Crippen molar-refractivity contribution < 1.29 is 24.2 Å². The molecule has 0 aromatic heterocycles. The van der Waals surface area contributed by atoms with Crippen LogP contribution in [0.1, 0.15) is 41.3 Å². The Morgan fingerprint density at radius 3 is 2.31 bits per heavy atom. The van der Waals surface area contributed by atoms with Crippen LogP contribution < -0.4 is 15.0 Å². The van der Waals surface area contributed by atoms with Gasteiger partial charge in [-0.1, -0.05) is 79.2 Å². The zero-order valence-corrected chi connectivity index (χ0v) is 24.1. The van der Waals surface area contributed by atoms with Crippen molar-refractivity contribution in [2.45, 2.75) is 32.2 Å². The van der Waals surface area contributed by atoms with Crippen LogP contribution in [0.3, 0.4) is 0 Å². The fourth-order valence-corrected chi connectivity index (χ4v) is 4.73. The minimum Gasteiger partial charge on any atom is -0.492 e. The molecular weight excluding hydrogens is 552 g/mol. The topological polar surface area (TPSA) is 95.9 Å². The molecule has 0 aliphatic heterocycles. The first-order chi connectivity index (χ1) is 20.4. The van der Waals surface area contributed by atoms with Gasteiger partial charge in [0.15, 0.2) is 5.78 Å². The lowest BCUT2D eigenvalue weighted by Crippen LogP contribution is -2.34. The van der Waals surface area contributed by atoms with E-state index in [1.165, 1.54) is 0 Å². The number of hydrogen-bond acceptors (Lipinski definition) is 5. The fraction of sp³-hybridized carbons (Fsp3) is 0.206. The van der Waals surface area contributed by atoms with Gasteiger partial charge >= 0.3 is 5.97 Å². The molecule has 4 aromatic carbocycles. The predicted molar refractivity (Wildman–Crippen MR) is 166 cm³/mol. The normalized spacial score (nSPS) is 11.4. The smallest absolute Gasteiger partial charge is 0.326 e. The van der Waals surface area contributed by atoms with Gasteiger partial charge in [0.25, 0.3) is 0 Å². The average molecular weight is 585 g/mol. The number of benzene rings is 4. The van der Waals surface area contributed by atoms with Crippen LogP contribution >= 0.6 is 11.6 Å². The zero-order chi connectivity index (χ0) is 29.9. The number of nitrogens with one attached hydrogen (secondary N) is 1. The summed E-state index contributed by atoms with van der Waals surface area (Å²) in [5.74, 6) is -0.617. The van der Waals surface area contributed by atoms with Gasteiger partial charge in [-0.15, -0.1) is 0 Å². The maximum Gasteiger partial charge on any atom is 0.326 e. The molecule has 4 rings (SSSR count). The van der Waals surface area contributed by atoms with Gasteiger partial charge in [-0.2, -0.15) is 0 Å². The molecule has 216 valence electrons. The molecule has 0 spiro atoms. The van der Waals surface area contributed by atoms with Gasteiger partial charge in [-0.3, -0.25) is 9.59 Å². The van der Waals surface area contributed by atoms with Crippen LogP contribution in [0.15, 0.2) is 103 Å². The van der Waals surface area contributed by atoms with Gasteiger partial charge < -0.3 is 20.1 Å². The lowest BCUT2D eigenvalue weighted by atomic mass is 10.00. The highest BCUT2D eigenvalue weighted by Gasteiger charge is 2.21. The van der Waals surface area contributed by atoms with E-state index < -0.39 is 12.0 Å². The van der Waals surface area contributed by atoms with E-state index in [1.807, 2.05) is 37.3 Å². The molecule has 0 aliphatic rings. The maximum absolute atomic E-state index is 13.1. The van der Waals surface area contributed by atoms with Gasteiger partial charge in [0, 0.05) is 40.4 Å². The summed E-state index contributed by atoms with van der Waals surface area (Å²) in [6, 6.07) is 29.2. The third kappa shape index (κ3) is 8.21. The molecule has 4 aromatic rings. The summed E-state index contributed by atoms with van der Waals surface area (Å²) < 4.78 is 5.91. The fourth-order valence-electron chi connectivity index (χ4n) is 4.54. The molecule has 0 aliphatic carbocycles. The first-order valence-corrected chi connectivity index (χ1v) is 14.2. The standard InChI is InChI=1S/C34H33ClN2O5/c1-2-9-32(38)37(27-13-8-12-26(35)23-27)20-21-42-28-18-16-24(17-19-28)22-31(34(40)41)36-30-15-7-6-14-29(30)33(39)25-10-4-3-5-11-25/h3-8,10-19,23,31,36H,2,9,20-22H2,1H3,(H,40,41)/t31-/m0/s1. The predicted octanol–water partition coefficient (Wildman–Crippen LogP) is 6.89. The third-order valence-electron chi connectivity index (χ3n) is 6.67. The van der Waals surface area contributed by atoms with E-state index in [2.05, 4.69) is 5.32 Å². The van der Waals surface area contributed by atoms with Crippen molar-refractivity contribution in [2.75, 3.05) is 23.4 Å². The summed E-state index contributed by atoms with van der Waals surface area (Å²) in [5.41, 5.74) is 2.90. The van der Waals surface area contributed by atoms with Crippen molar-refractivity contribution in [1.29, 1.82) is 0 Å². The second kappa shape index (κ2) is 14.8. The summed E-state index contributed by atoms with van der Waals surface area (Å²) >= 11 is 6.14. The van der Waals surface area contributed by atoms with Crippen molar-refractivity contribution >= 4 is 40.6 Å². The van der Waals surface area contributed by atoms with Crippen molar-refractivity contribution in [2.24, 2.45) is 0 Å². The number of anilines is 2. The van der Waals surface area contributed by atoms with Crippen molar-refractivity contribution in [3.8, 4) is 5.75 Å². The van der Waals surface area contributed by atoms with E-state index in [1.54, 1.807) is 77.7 Å². The van der Waals surface area contributed by atoms with E-state index in [9.17, 15) is 19.5 Å². The first-order valence-electron chi connectivity index (χ1n) is 13.8.